The van der Waals surface area contributed by atoms with E-state index in [0.717, 1.165) is 12.1 Å². The molecule has 0 aliphatic heterocycles. The normalized spacial score (nSPS) is 11.0. The number of hydrogen-bond acceptors (Lipinski definition) is 2. The number of aryl methyl sites for hydroxylation is 1. The summed E-state index contributed by atoms with van der Waals surface area (Å²) < 4.78 is 4.95. The second kappa shape index (κ2) is 4.60. The van der Waals surface area contributed by atoms with Gasteiger partial charge in [0, 0.05) is 11.8 Å². The molecule has 1 aromatic heterocycles. The van der Waals surface area contributed by atoms with E-state index < -0.39 is 0 Å². The molecule has 15 heavy (non-hydrogen) atoms. The zero-order valence-electron chi connectivity index (χ0n) is 8.68. The van der Waals surface area contributed by atoms with Gasteiger partial charge in [-0.05, 0) is 24.1 Å². The van der Waals surface area contributed by atoms with Gasteiger partial charge in [0.15, 0.2) is 0 Å². The van der Waals surface area contributed by atoms with Gasteiger partial charge in [-0.15, -0.1) is 0 Å². The van der Waals surface area contributed by atoms with Gasteiger partial charge < -0.3 is 4.42 Å². The quantitative estimate of drug-likeness (QED) is 0.697. The molecule has 0 bridgehead atoms. The Labute approximate surface area is 89.3 Å². The molecule has 0 N–H and O–H groups in total. The van der Waals surface area contributed by atoms with Crippen molar-refractivity contribution in [2.75, 3.05) is 0 Å². The highest BCUT2D eigenvalue weighted by atomic mass is 16.3. The molecule has 0 saturated heterocycles. The summed E-state index contributed by atoms with van der Waals surface area (Å²) in [6, 6.07) is 10.2. The predicted molar refractivity (Wildman–Crippen MR) is 61.2 cm³/mol. The largest absolute Gasteiger partial charge is 0.472 e. The number of nitrogens with zero attached hydrogens (tertiary/aromatic N) is 1. The number of hydrogen-bond donors (Lipinski definition) is 0. The van der Waals surface area contributed by atoms with Gasteiger partial charge in [-0.25, -0.2) is 0 Å². The molecular formula is C13H13NO. The lowest BCUT2D eigenvalue weighted by atomic mass is 10.1. The van der Waals surface area contributed by atoms with Crippen molar-refractivity contribution in [1.82, 2.24) is 0 Å². The van der Waals surface area contributed by atoms with E-state index in [1.807, 2.05) is 24.4 Å². The first-order valence-corrected chi connectivity index (χ1v) is 4.93. The Morgan fingerprint density at radius 2 is 2.13 bits per heavy atom. The average molecular weight is 199 g/mol. The maximum absolute atomic E-state index is 4.95. The Bertz CT molecular complexity index is 443. The van der Waals surface area contributed by atoms with E-state index in [9.17, 15) is 0 Å². The lowest BCUT2D eigenvalue weighted by Gasteiger charge is -2.00. The first kappa shape index (κ1) is 9.71. The molecule has 1 heterocycles. The molecule has 0 amide bonds. The number of rotatable bonds is 3. The van der Waals surface area contributed by atoms with Crippen LogP contribution < -0.4 is 0 Å². The van der Waals surface area contributed by atoms with Gasteiger partial charge in [-0.2, -0.15) is 0 Å². The van der Waals surface area contributed by atoms with Crippen molar-refractivity contribution in [2.24, 2.45) is 4.99 Å². The fourth-order valence-corrected chi connectivity index (χ4v) is 1.39. The van der Waals surface area contributed by atoms with Crippen molar-refractivity contribution in [2.45, 2.75) is 13.5 Å². The molecule has 0 aliphatic rings. The second-order valence-corrected chi connectivity index (χ2v) is 3.45. The minimum Gasteiger partial charge on any atom is -0.472 e. The third-order valence-electron chi connectivity index (χ3n) is 2.31. The van der Waals surface area contributed by atoms with Crippen molar-refractivity contribution < 1.29 is 4.42 Å². The van der Waals surface area contributed by atoms with Crippen molar-refractivity contribution in [3.05, 3.63) is 59.5 Å². The molecule has 0 fully saturated rings. The van der Waals surface area contributed by atoms with E-state index in [4.69, 9.17) is 4.42 Å². The van der Waals surface area contributed by atoms with Crippen molar-refractivity contribution in [3.8, 4) is 0 Å². The summed E-state index contributed by atoms with van der Waals surface area (Å²) in [5.41, 5.74) is 3.54. The first-order valence-electron chi connectivity index (χ1n) is 4.93. The molecule has 2 heteroatoms. The molecule has 0 spiro atoms. The molecule has 2 aromatic rings. The van der Waals surface area contributed by atoms with Crippen LogP contribution in [-0.2, 0) is 6.54 Å². The van der Waals surface area contributed by atoms with E-state index in [2.05, 4.69) is 24.0 Å². The van der Waals surface area contributed by atoms with Crippen LogP contribution in [0.2, 0.25) is 0 Å². The smallest absolute Gasteiger partial charge is 0.0990 e. The van der Waals surface area contributed by atoms with Crippen LogP contribution in [0.5, 0.6) is 0 Å². The van der Waals surface area contributed by atoms with Crippen LogP contribution >= 0.6 is 0 Å². The summed E-state index contributed by atoms with van der Waals surface area (Å²) in [4.78, 5) is 4.36. The van der Waals surface area contributed by atoms with Crippen LogP contribution in [0.25, 0.3) is 0 Å². The highest BCUT2D eigenvalue weighted by molar-refractivity contribution is 5.78. The number of aliphatic imine (C=N–C) groups is 1. The van der Waals surface area contributed by atoms with E-state index in [0.29, 0.717) is 0 Å². The van der Waals surface area contributed by atoms with Crippen LogP contribution in [0.4, 0.5) is 0 Å². The Morgan fingerprint density at radius 1 is 1.27 bits per heavy atom. The van der Waals surface area contributed by atoms with E-state index in [1.54, 1.807) is 12.5 Å². The molecule has 0 saturated carbocycles. The third-order valence-corrected chi connectivity index (χ3v) is 2.31. The maximum atomic E-state index is 4.95. The fourth-order valence-electron chi connectivity index (χ4n) is 1.39. The van der Waals surface area contributed by atoms with E-state index >= 15 is 0 Å². The van der Waals surface area contributed by atoms with Gasteiger partial charge in [0.1, 0.15) is 0 Å². The first-order chi connectivity index (χ1) is 7.36. The molecule has 2 nitrogen and oxygen atoms in total. The van der Waals surface area contributed by atoms with Crippen LogP contribution in [0.1, 0.15) is 16.7 Å². The number of benzene rings is 1. The SMILES string of the molecule is Cc1ccccc1CN=Cc1ccoc1. The van der Waals surface area contributed by atoms with Crippen molar-refractivity contribution in [3.63, 3.8) is 0 Å². The Balaban J connectivity index is 2.02. The molecule has 0 aliphatic carbocycles. The van der Waals surface area contributed by atoms with Crippen LogP contribution in [-0.4, -0.2) is 6.21 Å². The standard InChI is InChI=1S/C13H13NO/c1-11-4-2-3-5-13(11)9-14-8-12-6-7-15-10-12/h2-8,10H,9H2,1H3. The molecular weight excluding hydrogens is 186 g/mol. The zero-order valence-corrected chi connectivity index (χ0v) is 8.68. The summed E-state index contributed by atoms with van der Waals surface area (Å²) in [7, 11) is 0. The van der Waals surface area contributed by atoms with E-state index in [1.165, 1.54) is 11.1 Å². The van der Waals surface area contributed by atoms with Gasteiger partial charge in [-0.3, -0.25) is 4.99 Å². The Morgan fingerprint density at radius 3 is 2.87 bits per heavy atom. The monoisotopic (exact) mass is 199 g/mol. The summed E-state index contributed by atoms with van der Waals surface area (Å²) >= 11 is 0. The van der Waals surface area contributed by atoms with Gasteiger partial charge >= 0.3 is 0 Å². The average Bonchev–Trinajstić information content (AvgIpc) is 2.74. The lowest BCUT2D eigenvalue weighted by Crippen LogP contribution is -1.86. The van der Waals surface area contributed by atoms with Gasteiger partial charge in [0.2, 0.25) is 0 Å². The zero-order chi connectivity index (χ0) is 10.5. The van der Waals surface area contributed by atoms with Gasteiger partial charge in [0.05, 0.1) is 19.1 Å². The van der Waals surface area contributed by atoms with Crippen LogP contribution in [0.15, 0.2) is 52.3 Å². The molecule has 76 valence electrons. The highest BCUT2D eigenvalue weighted by Gasteiger charge is 1.94. The molecule has 2 rings (SSSR count). The Kier molecular flexibility index (Phi) is 2.98. The highest BCUT2D eigenvalue weighted by Crippen LogP contribution is 2.08. The minimum absolute atomic E-state index is 0.720. The predicted octanol–water partition coefficient (Wildman–Crippen LogP) is 3.21. The maximum Gasteiger partial charge on any atom is 0.0990 e. The van der Waals surface area contributed by atoms with E-state index in [-0.39, 0.29) is 0 Å². The van der Waals surface area contributed by atoms with Gasteiger partial charge in [-0.1, -0.05) is 24.3 Å². The third kappa shape index (κ3) is 2.56. The number of furan rings is 1. The fraction of sp³-hybridized carbons (Fsp3) is 0.154. The minimum atomic E-state index is 0.720. The van der Waals surface area contributed by atoms with Crippen LogP contribution in [0.3, 0.4) is 0 Å². The Hall–Kier alpha value is -1.83. The topological polar surface area (TPSA) is 25.5 Å². The molecule has 0 atom stereocenters. The summed E-state index contributed by atoms with van der Waals surface area (Å²) in [5.74, 6) is 0. The van der Waals surface area contributed by atoms with Crippen molar-refractivity contribution >= 4 is 6.21 Å². The summed E-state index contributed by atoms with van der Waals surface area (Å²) in [5, 5.41) is 0. The molecule has 0 unspecified atom stereocenters. The van der Waals surface area contributed by atoms with Crippen molar-refractivity contribution in [1.29, 1.82) is 0 Å². The lowest BCUT2D eigenvalue weighted by molar-refractivity contribution is 0.567. The molecule has 1 aromatic carbocycles. The molecule has 0 radical (unpaired) electrons. The second-order valence-electron chi connectivity index (χ2n) is 3.45. The summed E-state index contributed by atoms with van der Waals surface area (Å²) in [6.45, 7) is 2.82. The van der Waals surface area contributed by atoms with Crippen LogP contribution in [0, 0.1) is 6.92 Å². The summed E-state index contributed by atoms with van der Waals surface area (Å²) in [6.07, 6.45) is 5.16. The van der Waals surface area contributed by atoms with Gasteiger partial charge in [0.25, 0.3) is 0 Å².